The summed E-state index contributed by atoms with van der Waals surface area (Å²) >= 11 is 0. The van der Waals surface area contributed by atoms with Gasteiger partial charge in [0.15, 0.2) is 0 Å². The van der Waals surface area contributed by atoms with Gasteiger partial charge in [-0.2, -0.15) is 0 Å². The van der Waals surface area contributed by atoms with Crippen LogP contribution in [-0.2, 0) is 4.79 Å². The Kier molecular flexibility index (Phi) is 7.09. The highest BCUT2D eigenvalue weighted by molar-refractivity contribution is 6.08. The Bertz CT molecular complexity index is 1430. The molecule has 5 N–H and O–H groups in total. The number of hydrogen-bond donors (Lipinski definition) is 4. The maximum Gasteiger partial charge on any atom is 0.258 e. The Labute approximate surface area is 215 Å². The lowest BCUT2D eigenvalue weighted by molar-refractivity contribution is -0.119. The molecule has 1 aliphatic rings. The van der Waals surface area contributed by atoms with Gasteiger partial charge in [-0.25, -0.2) is 0 Å². The molecule has 1 atom stereocenters. The van der Waals surface area contributed by atoms with Crippen LogP contribution in [-0.4, -0.2) is 49.1 Å². The van der Waals surface area contributed by atoms with E-state index in [9.17, 15) is 9.59 Å². The zero-order valence-corrected chi connectivity index (χ0v) is 20.8. The second kappa shape index (κ2) is 10.8. The molecule has 2 heterocycles. The smallest absolute Gasteiger partial charge is 0.258 e. The minimum atomic E-state index is -0.242. The van der Waals surface area contributed by atoms with E-state index in [4.69, 9.17) is 10.5 Å². The summed E-state index contributed by atoms with van der Waals surface area (Å²) in [5.74, 6) is 0.253. The molecule has 1 aliphatic heterocycles. The molecular formula is C29H31N5O3. The topological polar surface area (TPSA) is 112 Å². The van der Waals surface area contributed by atoms with Crippen LogP contribution in [0.25, 0.3) is 22.0 Å². The highest BCUT2D eigenvalue weighted by Crippen LogP contribution is 2.35. The molecule has 1 aromatic heterocycles. The van der Waals surface area contributed by atoms with Gasteiger partial charge in [0.25, 0.3) is 5.91 Å². The van der Waals surface area contributed by atoms with Crippen LogP contribution in [0.2, 0.25) is 0 Å². The molecule has 8 nitrogen and oxygen atoms in total. The predicted octanol–water partition coefficient (Wildman–Crippen LogP) is 4.14. The van der Waals surface area contributed by atoms with Crippen LogP contribution < -0.4 is 26.0 Å². The predicted molar refractivity (Wildman–Crippen MR) is 147 cm³/mol. The summed E-state index contributed by atoms with van der Waals surface area (Å²) < 4.78 is 6.12. The Balaban J connectivity index is 1.47. The number of amides is 2. The number of aromatic nitrogens is 1. The van der Waals surface area contributed by atoms with Gasteiger partial charge in [-0.15, -0.1) is 0 Å². The molecule has 0 saturated carbocycles. The van der Waals surface area contributed by atoms with E-state index in [0.29, 0.717) is 24.4 Å². The van der Waals surface area contributed by atoms with Crippen molar-refractivity contribution in [2.24, 2.45) is 5.73 Å². The Hall–Kier alpha value is -4.30. The number of carbonyl (C=O) groups excluding carboxylic acids is 2. The van der Waals surface area contributed by atoms with Crippen LogP contribution in [0.4, 0.5) is 11.4 Å². The first-order chi connectivity index (χ1) is 18.0. The molecule has 37 heavy (non-hydrogen) atoms. The number of carbonyl (C=O) groups is 2. The average molecular weight is 498 g/mol. The summed E-state index contributed by atoms with van der Waals surface area (Å²) in [4.78, 5) is 30.4. The minimum Gasteiger partial charge on any atom is -0.491 e. The van der Waals surface area contributed by atoms with Gasteiger partial charge < -0.3 is 31.0 Å². The molecule has 2 amide bonds. The van der Waals surface area contributed by atoms with Crippen molar-refractivity contribution in [3.63, 3.8) is 0 Å². The highest BCUT2D eigenvalue weighted by Gasteiger charge is 2.25. The lowest BCUT2D eigenvalue weighted by Gasteiger charge is -2.23. The molecule has 0 bridgehead atoms. The number of H-pyrrole nitrogens is 1. The molecular weight excluding hydrogens is 466 g/mol. The largest absolute Gasteiger partial charge is 0.491 e. The molecule has 5 rings (SSSR count). The average Bonchev–Trinajstić information content (AvgIpc) is 3.32. The number of rotatable bonds is 7. The Morgan fingerprint density at radius 1 is 1.11 bits per heavy atom. The van der Waals surface area contributed by atoms with Crippen molar-refractivity contribution in [3.05, 3.63) is 78.5 Å². The summed E-state index contributed by atoms with van der Waals surface area (Å²) in [5, 5.41) is 7.30. The third-order valence-corrected chi connectivity index (χ3v) is 6.59. The second-order valence-electron chi connectivity index (χ2n) is 9.20. The van der Waals surface area contributed by atoms with Crippen LogP contribution in [0.5, 0.6) is 5.75 Å². The first kappa shape index (κ1) is 24.4. The van der Waals surface area contributed by atoms with Crippen molar-refractivity contribution in [2.45, 2.75) is 19.4 Å². The van der Waals surface area contributed by atoms with Crippen molar-refractivity contribution in [2.75, 3.05) is 36.5 Å². The van der Waals surface area contributed by atoms with Crippen molar-refractivity contribution < 1.29 is 14.3 Å². The first-order valence-electron chi connectivity index (χ1n) is 12.5. The Morgan fingerprint density at radius 2 is 1.97 bits per heavy atom. The zero-order valence-electron chi connectivity index (χ0n) is 20.8. The molecule has 0 spiro atoms. The SMILES string of the molecule is CC1CCN(C(=O)c2ccc(-c3ccc4[nH]ccc4c3)c(OCCNC(=O)CN)c2)c2ccccc2N1. The zero-order chi connectivity index (χ0) is 25.8. The van der Waals surface area contributed by atoms with E-state index < -0.39 is 0 Å². The van der Waals surface area contributed by atoms with Gasteiger partial charge in [-0.3, -0.25) is 9.59 Å². The van der Waals surface area contributed by atoms with Gasteiger partial charge in [-0.1, -0.05) is 18.2 Å². The molecule has 0 radical (unpaired) electrons. The molecule has 190 valence electrons. The van der Waals surface area contributed by atoms with Gasteiger partial charge in [0, 0.05) is 35.4 Å². The lowest BCUT2D eigenvalue weighted by Crippen LogP contribution is -2.33. The third-order valence-electron chi connectivity index (χ3n) is 6.59. The molecule has 1 unspecified atom stereocenters. The van der Waals surface area contributed by atoms with Gasteiger partial charge in [0.2, 0.25) is 5.91 Å². The molecule has 3 aromatic carbocycles. The van der Waals surface area contributed by atoms with E-state index in [0.717, 1.165) is 39.8 Å². The van der Waals surface area contributed by atoms with E-state index in [1.807, 2.05) is 65.7 Å². The fourth-order valence-corrected chi connectivity index (χ4v) is 4.64. The van der Waals surface area contributed by atoms with Gasteiger partial charge in [0.05, 0.1) is 24.5 Å². The first-order valence-corrected chi connectivity index (χ1v) is 12.5. The van der Waals surface area contributed by atoms with Crippen LogP contribution in [0.3, 0.4) is 0 Å². The molecule has 8 heteroatoms. The van der Waals surface area contributed by atoms with Crippen molar-refractivity contribution in [3.8, 4) is 16.9 Å². The summed E-state index contributed by atoms with van der Waals surface area (Å²) in [7, 11) is 0. The number of fused-ring (bicyclic) bond motifs is 2. The quantitative estimate of drug-likeness (QED) is 0.287. The van der Waals surface area contributed by atoms with Crippen LogP contribution in [0.1, 0.15) is 23.7 Å². The standard InChI is InChI=1S/C29H31N5O3/c1-19-11-14-34(26-5-3-2-4-25(26)33-19)29(36)22-6-8-23(20-7-9-24-21(16-20)10-12-31-24)27(17-22)37-15-13-32-28(35)18-30/h2-10,12,16-17,19,31,33H,11,13-15,18,30H2,1H3,(H,32,35). The number of para-hydroxylation sites is 2. The molecule has 0 fully saturated rings. The van der Waals surface area contributed by atoms with Crippen molar-refractivity contribution in [1.82, 2.24) is 10.3 Å². The maximum atomic E-state index is 13.8. The molecule has 4 aromatic rings. The van der Waals surface area contributed by atoms with E-state index in [-0.39, 0.29) is 31.0 Å². The summed E-state index contributed by atoms with van der Waals surface area (Å²) in [6, 6.07) is 21.9. The van der Waals surface area contributed by atoms with Crippen LogP contribution >= 0.6 is 0 Å². The number of hydrogen-bond acceptors (Lipinski definition) is 5. The van der Waals surface area contributed by atoms with Gasteiger partial charge in [0.1, 0.15) is 12.4 Å². The number of ether oxygens (including phenoxy) is 1. The lowest BCUT2D eigenvalue weighted by atomic mass is 10.0. The van der Waals surface area contributed by atoms with E-state index in [1.54, 1.807) is 6.07 Å². The summed E-state index contributed by atoms with van der Waals surface area (Å²) in [5.41, 5.74) is 10.6. The van der Waals surface area contributed by atoms with E-state index in [1.165, 1.54) is 0 Å². The maximum absolute atomic E-state index is 13.8. The number of nitrogens with zero attached hydrogens (tertiary/aromatic N) is 1. The van der Waals surface area contributed by atoms with Crippen molar-refractivity contribution >= 4 is 34.1 Å². The summed E-state index contributed by atoms with van der Waals surface area (Å²) in [6.07, 6.45) is 2.74. The highest BCUT2D eigenvalue weighted by atomic mass is 16.5. The monoisotopic (exact) mass is 497 g/mol. The van der Waals surface area contributed by atoms with Gasteiger partial charge >= 0.3 is 0 Å². The number of benzene rings is 3. The fourth-order valence-electron chi connectivity index (χ4n) is 4.64. The normalized spacial score (nSPS) is 15.0. The van der Waals surface area contributed by atoms with Crippen LogP contribution in [0, 0.1) is 0 Å². The van der Waals surface area contributed by atoms with Crippen LogP contribution in [0.15, 0.2) is 72.9 Å². The van der Waals surface area contributed by atoms with E-state index in [2.05, 4.69) is 28.6 Å². The van der Waals surface area contributed by atoms with Crippen molar-refractivity contribution in [1.29, 1.82) is 0 Å². The number of anilines is 2. The Morgan fingerprint density at radius 3 is 2.84 bits per heavy atom. The molecule has 0 saturated heterocycles. The second-order valence-corrected chi connectivity index (χ2v) is 9.20. The summed E-state index contributed by atoms with van der Waals surface area (Å²) in [6.45, 7) is 3.22. The van der Waals surface area contributed by atoms with Gasteiger partial charge in [-0.05, 0) is 72.8 Å². The van der Waals surface area contributed by atoms with E-state index >= 15 is 0 Å². The number of nitrogens with two attached hydrogens (primary N) is 1. The fraction of sp³-hybridized carbons (Fsp3) is 0.241. The number of aromatic amines is 1. The third kappa shape index (κ3) is 5.29. The number of nitrogens with one attached hydrogen (secondary N) is 3. The minimum absolute atomic E-state index is 0.0727. The molecule has 0 aliphatic carbocycles.